The molecule has 2 atom stereocenters. The molecule has 2 heterocycles. The first-order valence-corrected chi connectivity index (χ1v) is 10.3. The molecule has 0 spiro atoms. The van der Waals surface area contributed by atoms with Gasteiger partial charge in [0, 0.05) is 41.0 Å². The predicted octanol–water partition coefficient (Wildman–Crippen LogP) is 4.26. The van der Waals surface area contributed by atoms with Crippen LogP contribution in [0.5, 0.6) is 23.0 Å². The van der Waals surface area contributed by atoms with Crippen LogP contribution in [-0.4, -0.2) is 39.5 Å². The maximum Gasteiger partial charge on any atom is 0.166 e. The molecule has 0 saturated heterocycles. The third kappa shape index (κ3) is 3.88. The van der Waals surface area contributed by atoms with Gasteiger partial charge in [0.2, 0.25) is 0 Å². The van der Waals surface area contributed by atoms with E-state index in [0.717, 1.165) is 53.6 Å². The minimum absolute atomic E-state index is 0.409. The number of methoxy groups -OCH3 is 2. The molecule has 0 aromatic heterocycles. The van der Waals surface area contributed by atoms with E-state index in [1.54, 1.807) is 14.2 Å². The smallest absolute Gasteiger partial charge is 0.166 e. The van der Waals surface area contributed by atoms with Crippen LogP contribution in [0.4, 0.5) is 11.4 Å². The highest BCUT2D eigenvalue weighted by molar-refractivity contribution is 5.67. The fourth-order valence-corrected chi connectivity index (χ4v) is 4.18. The molecule has 2 N–H and O–H groups in total. The number of hydrogen-bond donors (Lipinski definition) is 2. The van der Waals surface area contributed by atoms with Gasteiger partial charge in [-0.05, 0) is 51.0 Å². The standard InChI is InChI=1S/C23H30N2O4/c1-14-12-16-18(24-14)6-8-20(26-3)22(16)28-10-5-11-29-23-17-13-15(2)25-19(17)7-9-21(23)27-4/h6-9,14-15,24-25H,5,10-13H2,1-4H3. The number of fused-ring (bicyclic) bond motifs is 2. The number of ether oxygens (including phenoxy) is 4. The highest BCUT2D eigenvalue weighted by Crippen LogP contribution is 2.42. The van der Waals surface area contributed by atoms with Crippen molar-refractivity contribution < 1.29 is 18.9 Å². The van der Waals surface area contributed by atoms with Crippen LogP contribution >= 0.6 is 0 Å². The van der Waals surface area contributed by atoms with Gasteiger partial charge in [-0.1, -0.05) is 0 Å². The molecule has 2 unspecified atom stereocenters. The first-order valence-electron chi connectivity index (χ1n) is 10.3. The molecule has 0 fully saturated rings. The fraction of sp³-hybridized carbons (Fsp3) is 0.478. The van der Waals surface area contributed by atoms with E-state index < -0.39 is 0 Å². The molecule has 2 aliphatic heterocycles. The Kier molecular flexibility index (Phi) is 5.60. The zero-order chi connectivity index (χ0) is 20.4. The summed E-state index contributed by atoms with van der Waals surface area (Å²) in [6.07, 6.45) is 2.65. The van der Waals surface area contributed by atoms with E-state index in [1.165, 1.54) is 11.1 Å². The first-order chi connectivity index (χ1) is 14.1. The van der Waals surface area contributed by atoms with Gasteiger partial charge in [0.1, 0.15) is 0 Å². The normalized spacial score (nSPS) is 19.0. The summed E-state index contributed by atoms with van der Waals surface area (Å²) in [5.74, 6) is 3.25. The second-order valence-corrected chi connectivity index (χ2v) is 7.80. The summed E-state index contributed by atoms with van der Waals surface area (Å²) in [7, 11) is 3.36. The zero-order valence-electron chi connectivity index (χ0n) is 17.6. The number of benzene rings is 2. The topological polar surface area (TPSA) is 61.0 Å². The number of nitrogens with one attached hydrogen (secondary N) is 2. The lowest BCUT2D eigenvalue weighted by molar-refractivity contribution is 0.232. The molecule has 2 aliphatic rings. The molecule has 4 rings (SSSR count). The lowest BCUT2D eigenvalue weighted by Gasteiger charge is -2.16. The summed E-state index contributed by atoms with van der Waals surface area (Å²) in [6.45, 7) is 5.47. The summed E-state index contributed by atoms with van der Waals surface area (Å²) < 4.78 is 23.3. The van der Waals surface area contributed by atoms with Gasteiger partial charge in [-0.2, -0.15) is 0 Å². The number of hydrogen-bond acceptors (Lipinski definition) is 6. The van der Waals surface area contributed by atoms with Crippen LogP contribution in [0.3, 0.4) is 0 Å². The lowest BCUT2D eigenvalue weighted by Crippen LogP contribution is -2.09. The Balaban J connectivity index is 1.38. The molecular formula is C23H30N2O4. The fourth-order valence-electron chi connectivity index (χ4n) is 4.18. The van der Waals surface area contributed by atoms with Crippen molar-refractivity contribution in [1.29, 1.82) is 0 Å². The van der Waals surface area contributed by atoms with Crippen molar-refractivity contribution in [1.82, 2.24) is 0 Å². The molecule has 29 heavy (non-hydrogen) atoms. The van der Waals surface area contributed by atoms with E-state index in [-0.39, 0.29) is 0 Å². The third-order valence-electron chi connectivity index (χ3n) is 5.49. The summed E-state index contributed by atoms with van der Waals surface area (Å²) in [5.41, 5.74) is 4.66. The van der Waals surface area contributed by atoms with Crippen molar-refractivity contribution >= 4 is 11.4 Å². The van der Waals surface area contributed by atoms with Gasteiger partial charge in [0.05, 0.1) is 27.4 Å². The summed E-state index contributed by atoms with van der Waals surface area (Å²) in [4.78, 5) is 0. The maximum absolute atomic E-state index is 6.13. The Morgan fingerprint density at radius 1 is 0.759 bits per heavy atom. The van der Waals surface area contributed by atoms with Crippen LogP contribution in [0.25, 0.3) is 0 Å². The second-order valence-electron chi connectivity index (χ2n) is 7.80. The molecule has 6 heteroatoms. The van der Waals surface area contributed by atoms with Gasteiger partial charge >= 0.3 is 0 Å². The number of anilines is 2. The largest absolute Gasteiger partial charge is 0.493 e. The van der Waals surface area contributed by atoms with Gasteiger partial charge in [-0.15, -0.1) is 0 Å². The van der Waals surface area contributed by atoms with Crippen LogP contribution in [0.1, 0.15) is 31.4 Å². The van der Waals surface area contributed by atoms with Crippen molar-refractivity contribution in [2.75, 3.05) is 38.1 Å². The molecule has 0 radical (unpaired) electrons. The summed E-state index contributed by atoms with van der Waals surface area (Å²) >= 11 is 0. The highest BCUT2D eigenvalue weighted by Gasteiger charge is 2.25. The van der Waals surface area contributed by atoms with E-state index in [4.69, 9.17) is 18.9 Å². The van der Waals surface area contributed by atoms with Crippen LogP contribution in [-0.2, 0) is 12.8 Å². The molecule has 0 aliphatic carbocycles. The Bertz CT molecular complexity index is 812. The van der Waals surface area contributed by atoms with Crippen molar-refractivity contribution in [2.24, 2.45) is 0 Å². The maximum atomic E-state index is 6.13. The van der Waals surface area contributed by atoms with Crippen LogP contribution in [0.15, 0.2) is 24.3 Å². The van der Waals surface area contributed by atoms with Gasteiger partial charge in [-0.25, -0.2) is 0 Å². The average Bonchev–Trinajstić information content (AvgIpc) is 3.28. The number of rotatable bonds is 8. The van der Waals surface area contributed by atoms with Crippen LogP contribution in [0.2, 0.25) is 0 Å². The molecule has 0 bridgehead atoms. The van der Waals surface area contributed by atoms with Crippen molar-refractivity contribution in [3.05, 3.63) is 35.4 Å². The molecule has 156 valence electrons. The zero-order valence-corrected chi connectivity index (χ0v) is 17.6. The first kappa shape index (κ1) is 19.6. The third-order valence-corrected chi connectivity index (χ3v) is 5.49. The van der Waals surface area contributed by atoms with Gasteiger partial charge < -0.3 is 29.6 Å². The van der Waals surface area contributed by atoms with Gasteiger partial charge in [-0.3, -0.25) is 0 Å². The van der Waals surface area contributed by atoms with Crippen molar-refractivity contribution in [3.8, 4) is 23.0 Å². The molecule has 6 nitrogen and oxygen atoms in total. The van der Waals surface area contributed by atoms with E-state index in [9.17, 15) is 0 Å². The van der Waals surface area contributed by atoms with E-state index >= 15 is 0 Å². The minimum atomic E-state index is 0.409. The van der Waals surface area contributed by atoms with Crippen LogP contribution in [0, 0.1) is 0 Å². The monoisotopic (exact) mass is 398 g/mol. The second kappa shape index (κ2) is 8.31. The Hall–Kier alpha value is -2.76. The van der Waals surface area contributed by atoms with E-state index in [0.29, 0.717) is 25.3 Å². The molecule has 2 aromatic rings. The minimum Gasteiger partial charge on any atom is -0.493 e. The predicted molar refractivity (Wildman–Crippen MR) is 115 cm³/mol. The van der Waals surface area contributed by atoms with E-state index in [2.05, 4.69) is 36.6 Å². The molecule has 2 aromatic carbocycles. The van der Waals surface area contributed by atoms with Crippen molar-refractivity contribution in [3.63, 3.8) is 0 Å². The quantitative estimate of drug-likeness (QED) is 0.648. The van der Waals surface area contributed by atoms with Gasteiger partial charge in [0.15, 0.2) is 23.0 Å². The highest BCUT2D eigenvalue weighted by atomic mass is 16.5. The molecule has 0 amide bonds. The van der Waals surface area contributed by atoms with Crippen LogP contribution < -0.4 is 29.6 Å². The lowest BCUT2D eigenvalue weighted by atomic mass is 10.1. The Labute approximate surface area is 172 Å². The van der Waals surface area contributed by atoms with Crippen molar-refractivity contribution in [2.45, 2.75) is 45.2 Å². The molecule has 0 saturated carbocycles. The SMILES string of the molecule is COc1ccc2c(c1OCCCOc1c(OC)ccc3c1CC(C)N3)CC(C)N2. The van der Waals surface area contributed by atoms with Gasteiger partial charge in [0.25, 0.3) is 0 Å². The Morgan fingerprint density at radius 3 is 1.62 bits per heavy atom. The molecular weight excluding hydrogens is 368 g/mol. The average molecular weight is 399 g/mol. The summed E-state index contributed by atoms with van der Waals surface area (Å²) in [6, 6.07) is 8.86. The van der Waals surface area contributed by atoms with E-state index in [1.807, 2.05) is 12.1 Å². The Morgan fingerprint density at radius 2 is 1.21 bits per heavy atom. The summed E-state index contributed by atoms with van der Waals surface area (Å²) in [5, 5.41) is 6.94.